The second-order valence-corrected chi connectivity index (χ2v) is 5.90. The number of nitrogens with zero attached hydrogens (tertiary/aromatic N) is 1. The number of rotatable bonds is 1. The molecule has 1 N–H and O–H groups in total. The molecule has 1 amide bonds. The Bertz CT molecular complexity index is 619. The van der Waals surface area contributed by atoms with Gasteiger partial charge >= 0.3 is 0 Å². The molecule has 2 unspecified atom stereocenters. The van der Waals surface area contributed by atoms with Gasteiger partial charge in [-0.05, 0) is 25.0 Å². The van der Waals surface area contributed by atoms with Crippen LogP contribution in [0.4, 0.5) is 11.4 Å². The first-order chi connectivity index (χ1) is 9.61. The lowest BCUT2D eigenvalue weighted by molar-refractivity contribution is -0.112. The van der Waals surface area contributed by atoms with Crippen LogP contribution in [0.15, 0.2) is 12.1 Å². The summed E-state index contributed by atoms with van der Waals surface area (Å²) >= 11 is 6.30. The van der Waals surface area contributed by atoms with Crippen molar-refractivity contribution in [3.63, 3.8) is 0 Å². The third-order valence-corrected chi connectivity index (χ3v) is 4.47. The fourth-order valence-corrected chi connectivity index (χ4v) is 3.49. The van der Waals surface area contributed by atoms with Crippen LogP contribution in [0.5, 0.6) is 0 Å². The average Bonchev–Trinajstić information content (AvgIpc) is 2.90. The third kappa shape index (κ3) is 1.73. The van der Waals surface area contributed by atoms with Gasteiger partial charge in [-0.15, -0.1) is 0 Å². The number of anilines is 2. The van der Waals surface area contributed by atoms with Crippen LogP contribution in [0.25, 0.3) is 0 Å². The van der Waals surface area contributed by atoms with Gasteiger partial charge in [0.05, 0.1) is 34.2 Å². The van der Waals surface area contributed by atoms with Gasteiger partial charge in [0.2, 0.25) is 0 Å². The molecule has 0 saturated carbocycles. The van der Waals surface area contributed by atoms with E-state index in [1.165, 1.54) is 0 Å². The lowest BCUT2D eigenvalue weighted by atomic mass is 10.1. The number of ketones is 1. The monoisotopic (exact) mass is 292 g/mol. The molecule has 4 rings (SSSR count). The molecule has 3 aliphatic rings. The molecular weight excluding hydrogens is 280 g/mol. The molecule has 2 atom stereocenters. The van der Waals surface area contributed by atoms with Gasteiger partial charge in [-0.2, -0.15) is 0 Å². The number of fused-ring (bicyclic) bond motifs is 3. The van der Waals surface area contributed by atoms with Crippen LogP contribution in [0.3, 0.4) is 0 Å². The number of benzene rings is 1. The number of carbonyl (C=O) groups is 2. The zero-order valence-electron chi connectivity index (χ0n) is 10.7. The number of amides is 1. The maximum Gasteiger partial charge on any atom is 0.296 e. The van der Waals surface area contributed by atoms with Crippen molar-refractivity contribution in [2.24, 2.45) is 0 Å². The zero-order chi connectivity index (χ0) is 13.9. The smallest absolute Gasteiger partial charge is 0.296 e. The first-order valence-electron chi connectivity index (χ1n) is 6.71. The fourth-order valence-electron chi connectivity index (χ4n) is 3.21. The first kappa shape index (κ1) is 12.2. The van der Waals surface area contributed by atoms with Crippen LogP contribution in [-0.2, 0) is 9.53 Å². The van der Waals surface area contributed by atoms with Crippen LogP contribution in [0, 0.1) is 0 Å². The summed E-state index contributed by atoms with van der Waals surface area (Å²) in [5, 5.41) is 3.10. The van der Waals surface area contributed by atoms with Crippen molar-refractivity contribution in [2.75, 3.05) is 23.3 Å². The van der Waals surface area contributed by atoms with Crippen molar-refractivity contribution < 1.29 is 14.3 Å². The quantitative estimate of drug-likeness (QED) is 0.803. The number of nitrogens with one attached hydrogen (secondary N) is 1. The van der Waals surface area contributed by atoms with Gasteiger partial charge in [0.15, 0.2) is 0 Å². The summed E-state index contributed by atoms with van der Waals surface area (Å²) in [6.45, 7) is 1.60. The van der Waals surface area contributed by atoms with E-state index in [9.17, 15) is 9.59 Å². The molecule has 0 spiro atoms. The summed E-state index contributed by atoms with van der Waals surface area (Å²) in [5.74, 6) is -1.11. The fraction of sp³-hybridized carbons (Fsp3) is 0.429. The normalized spacial score (nSPS) is 27.8. The molecule has 6 heteroatoms. The number of ether oxygens (including phenoxy) is 1. The summed E-state index contributed by atoms with van der Waals surface area (Å²) in [4.78, 5) is 25.2. The third-order valence-electron chi connectivity index (χ3n) is 4.17. The molecule has 20 heavy (non-hydrogen) atoms. The highest BCUT2D eigenvalue weighted by Crippen LogP contribution is 2.38. The van der Waals surface area contributed by atoms with Crippen molar-refractivity contribution in [3.8, 4) is 0 Å². The van der Waals surface area contributed by atoms with Crippen molar-refractivity contribution >= 4 is 34.7 Å². The second-order valence-electron chi connectivity index (χ2n) is 5.49. The van der Waals surface area contributed by atoms with E-state index in [4.69, 9.17) is 16.3 Å². The molecular formula is C14H13ClN2O3. The van der Waals surface area contributed by atoms with Crippen molar-refractivity contribution in [2.45, 2.75) is 25.0 Å². The van der Waals surface area contributed by atoms with E-state index < -0.39 is 11.7 Å². The largest absolute Gasteiger partial charge is 0.371 e. The van der Waals surface area contributed by atoms with Crippen LogP contribution >= 0.6 is 11.6 Å². The van der Waals surface area contributed by atoms with Crippen molar-refractivity contribution in [1.29, 1.82) is 0 Å². The molecule has 0 aromatic heterocycles. The van der Waals surface area contributed by atoms with Crippen LogP contribution < -0.4 is 10.2 Å². The minimum Gasteiger partial charge on any atom is -0.371 e. The summed E-state index contributed by atoms with van der Waals surface area (Å²) < 4.78 is 5.81. The molecule has 0 radical (unpaired) electrons. The van der Waals surface area contributed by atoms with E-state index in [0.29, 0.717) is 16.3 Å². The maximum atomic E-state index is 11.6. The molecule has 1 aromatic carbocycles. The number of Topliss-reactive ketones (excluding diaryl/α,β-unsaturated/α-hetero) is 1. The average molecular weight is 293 g/mol. The SMILES string of the molecule is O=C1Nc2cc(N3CC4CCC(C3)O4)c(Cl)cc2C1=O. The Morgan fingerprint density at radius 1 is 1.20 bits per heavy atom. The summed E-state index contributed by atoms with van der Waals surface area (Å²) in [6, 6.07) is 3.38. The molecule has 2 fully saturated rings. The van der Waals surface area contributed by atoms with Crippen LogP contribution in [0.1, 0.15) is 23.2 Å². The van der Waals surface area contributed by atoms with Gasteiger partial charge in [-0.1, -0.05) is 11.6 Å². The topological polar surface area (TPSA) is 58.6 Å². The molecule has 2 saturated heterocycles. The molecule has 0 aliphatic carbocycles. The Morgan fingerprint density at radius 2 is 1.90 bits per heavy atom. The highest BCUT2D eigenvalue weighted by Gasteiger charge is 2.36. The number of hydrogen-bond acceptors (Lipinski definition) is 4. The predicted molar refractivity (Wildman–Crippen MR) is 74.5 cm³/mol. The highest BCUT2D eigenvalue weighted by molar-refractivity contribution is 6.52. The molecule has 5 nitrogen and oxygen atoms in total. The van der Waals surface area contributed by atoms with Crippen molar-refractivity contribution in [3.05, 3.63) is 22.7 Å². The lowest BCUT2D eigenvalue weighted by Gasteiger charge is -2.34. The van der Waals surface area contributed by atoms with E-state index >= 15 is 0 Å². The summed E-state index contributed by atoms with van der Waals surface area (Å²) in [7, 11) is 0. The standard InChI is InChI=1S/C14H13ClN2O3/c15-10-3-9-11(16-14(19)13(9)18)4-12(10)17-5-7-1-2-8(6-17)20-7/h3-4,7-8H,1-2,5-6H2,(H,16,18,19). The van der Waals surface area contributed by atoms with Crippen LogP contribution in [-0.4, -0.2) is 37.0 Å². The lowest BCUT2D eigenvalue weighted by Crippen LogP contribution is -2.42. The molecule has 3 heterocycles. The van der Waals surface area contributed by atoms with E-state index in [1.54, 1.807) is 12.1 Å². The van der Waals surface area contributed by atoms with Crippen molar-refractivity contribution in [1.82, 2.24) is 0 Å². The Balaban J connectivity index is 1.71. The number of halogens is 1. The zero-order valence-corrected chi connectivity index (χ0v) is 11.4. The van der Waals surface area contributed by atoms with Gasteiger partial charge in [0, 0.05) is 13.1 Å². The summed E-state index contributed by atoms with van der Waals surface area (Å²) in [6.07, 6.45) is 2.68. The maximum absolute atomic E-state index is 11.6. The molecule has 104 valence electrons. The number of carbonyl (C=O) groups excluding carboxylic acids is 2. The number of hydrogen-bond donors (Lipinski definition) is 1. The molecule has 1 aromatic rings. The minimum absolute atomic E-state index is 0.259. The van der Waals surface area contributed by atoms with Gasteiger partial charge < -0.3 is 15.0 Å². The van der Waals surface area contributed by atoms with Gasteiger partial charge in [-0.3, -0.25) is 9.59 Å². The van der Waals surface area contributed by atoms with E-state index in [1.807, 2.05) is 0 Å². The van der Waals surface area contributed by atoms with E-state index in [2.05, 4.69) is 10.2 Å². The van der Waals surface area contributed by atoms with Crippen LogP contribution in [0.2, 0.25) is 5.02 Å². The molecule has 2 bridgehead atoms. The summed E-state index contributed by atoms with van der Waals surface area (Å²) in [5.41, 5.74) is 1.78. The van der Waals surface area contributed by atoms with E-state index in [-0.39, 0.29) is 12.2 Å². The van der Waals surface area contributed by atoms with E-state index in [0.717, 1.165) is 31.6 Å². The highest BCUT2D eigenvalue weighted by atomic mass is 35.5. The second kappa shape index (κ2) is 4.20. The van der Waals surface area contributed by atoms with Gasteiger partial charge in [0.25, 0.3) is 11.7 Å². The molecule has 3 aliphatic heterocycles. The number of morpholine rings is 1. The minimum atomic E-state index is -0.588. The Kier molecular flexibility index (Phi) is 2.56. The van der Waals surface area contributed by atoms with Gasteiger partial charge in [-0.25, -0.2) is 0 Å². The predicted octanol–water partition coefficient (Wildman–Crippen LogP) is 1.84. The Labute approximate surface area is 120 Å². The van der Waals surface area contributed by atoms with Gasteiger partial charge in [0.1, 0.15) is 0 Å². The Morgan fingerprint density at radius 3 is 2.60 bits per heavy atom. The first-order valence-corrected chi connectivity index (χ1v) is 7.09. The Hall–Kier alpha value is -1.59.